The lowest BCUT2D eigenvalue weighted by atomic mass is 10.1. The van der Waals surface area contributed by atoms with Gasteiger partial charge in [0.05, 0.1) is 28.5 Å². The average Bonchev–Trinajstić information content (AvgIpc) is 3.19. The van der Waals surface area contributed by atoms with Crippen LogP contribution in [0.3, 0.4) is 0 Å². The summed E-state index contributed by atoms with van der Waals surface area (Å²) in [7, 11) is 1.51. The highest BCUT2D eigenvalue weighted by Crippen LogP contribution is 2.37. The Balaban J connectivity index is 1.88. The number of benzene rings is 2. The number of nitrogens with one attached hydrogen (secondary N) is 1. The second-order valence-electron chi connectivity index (χ2n) is 6.76. The van der Waals surface area contributed by atoms with Gasteiger partial charge in [-0.15, -0.1) is 0 Å². The third-order valence-corrected chi connectivity index (χ3v) is 5.73. The Morgan fingerprint density at radius 3 is 2.50 bits per heavy atom. The number of methoxy groups -OCH3 is 1. The lowest BCUT2D eigenvalue weighted by molar-refractivity contribution is -0.137. The number of carbonyl (C=O) groups excluding carboxylic acids is 1. The van der Waals surface area contributed by atoms with Gasteiger partial charge in [-0.25, -0.2) is 0 Å². The van der Waals surface area contributed by atoms with Crippen LogP contribution < -0.4 is 15.0 Å². The number of anilines is 2. The SMILES string of the molecule is COc1c(Br)cc(Br)cc1/C=C/C(=O)Nc1cc(C(F)(F)F)ccc1N1CCCC1. The van der Waals surface area contributed by atoms with Gasteiger partial charge in [-0.1, -0.05) is 15.9 Å². The van der Waals surface area contributed by atoms with Crippen molar-refractivity contribution < 1.29 is 22.7 Å². The van der Waals surface area contributed by atoms with Crippen LogP contribution in [-0.4, -0.2) is 26.1 Å². The topological polar surface area (TPSA) is 41.6 Å². The second kappa shape index (κ2) is 9.43. The van der Waals surface area contributed by atoms with Gasteiger partial charge in [0.15, 0.2) is 0 Å². The molecule has 2 aromatic rings. The number of carbonyl (C=O) groups is 1. The van der Waals surface area contributed by atoms with Gasteiger partial charge in [-0.05, 0) is 65.2 Å². The first-order valence-electron chi connectivity index (χ1n) is 9.17. The fourth-order valence-electron chi connectivity index (χ4n) is 3.31. The molecule has 1 aliphatic rings. The third kappa shape index (κ3) is 5.37. The van der Waals surface area contributed by atoms with E-state index in [4.69, 9.17) is 4.74 Å². The zero-order valence-electron chi connectivity index (χ0n) is 16.0. The number of alkyl halides is 3. The van der Waals surface area contributed by atoms with E-state index in [0.29, 0.717) is 21.5 Å². The first-order chi connectivity index (χ1) is 14.2. The zero-order valence-corrected chi connectivity index (χ0v) is 19.2. The summed E-state index contributed by atoms with van der Waals surface area (Å²) in [5, 5.41) is 2.61. The van der Waals surface area contributed by atoms with Crippen LogP contribution >= 0.6 is 31.9 Å². The maximum absolute atomic E-state index is 13.2. The highest BCUT2D eigenvalue weighted by Gasteiger charge is 2.32. The first-order valence-corrected chi connectivity index (χ1v) is 10.8. The van der Waals surface area contributed by atoms with Crippen LogP contribution in [-0.2, 0) is 11.0 Å². The van der Waals surface area contributed by atoms with Crippen molar-refractivity contribution in [3.8, 4) is 5.75 Å². The molecule has 0 aliphatic carbocycles. The Labute approximate surface area is 189 Å². The van der Waals surface area contributed by atoms with Crippen molar-refractivity contribution in [2.45, 2.75) is 19.0 Å². The van der Waals surface area contributed by atoms with Crippen LogP contribution in [0, 0.1) is 0 Å². The summed E-state index contributed by atoms with van der Waals surface area (Å²) in [6, 6.07) is 7.02. The molecule has 30 heavy (non-hydrogen) atoms. The Hall–Kier alpha value is -2.00. The van der Waals surface area contributed by atoms with E-state index in [9.17, 15) is 18.0 Å². The molecule has 4 nitrogen and oxygen atoms in total. The Morgan fingerprint density at radius 2 is 1.87 bits per heavy atom. The van der Waals surface area contributed by atoms with E-state index < -0.39 is 17.6 Å². The maximum atomic E-state index is 13.2. The summed E-state index contributed by atoms with van der Waals surface area (Å²) in [6.45, 7) is 1.49. The van der Waals surface area contributed by atoms with Crippen LogP contribution in [0.2, 0.25) is 0 Å². The van der Waals surface area contributed by atoms with Gasteiger partial charge in [-0.2, -0.15) is 13.2 Å². The predicted molar refractivity (Wildman–Crippen MR) is 119 cm³/mol. The number of hydrogen-bond donors (Lipinski definition) is 1. The van der Waals surface area contributed by atoms with E-state index in [-0.39, 0.29) is 5.69 Å². The molecule has 0 unspecified atom stereocenters. The summed E-state index contributed by atoms with van der Waals surface area (Å²) < 4.78 is 46.4. The van der Waals surface area contributed by atoms with E-state index in [1.54, 1.807) is 18.2 Å². The van der Waals surface area contributed by atoms with E-state index in [2.05, 4.69) is 37.2 Å². The lowest BCUT2D eigenvalue weighted by Gasteiger charge is -2.22. The van der Waals surface area contributed by atoms with Crippen molar-refractivity contribution in [3.63, 3.8) is 0 Å². The molecule has 1 aliphatic heterocycles. The van der Waals surface area contributed by atoms with Crippen molar-refractivity contribution in [2.75, 3.05) is 30.4 Å². The normalized spacial score (nSPS) is 14.4. The van der Waals surface area contributed by atoms with Gasteiger partial charge in [0.2, 0.25) is 5.91 Å². The van der Waals surface area contributed by atoms with Crippen LogP contribution in [0.1, 0.15) is 24.0 Å². The largest absolute Gasteiger partial charge is 0.495 e. The molecule has 1 fully saturated rings. The van der Waals surface area contributed by atoms with Gasteiger partial charge in [-0.3, -0.25) is 4.79 Å². The molecule has 0 spiro atoms. The highest BCUT2D eigenvalue weighted by molar-refractivity contribution is 9.11. The van der Waals surface area contributed by atoms with Crippen molar-refractivity contribution in [1.29, 1.82) is 0 Å². The quantitative estimate of drug-likeness (QED) is 0.435. The monoisotopic (exact) mass is 546 g/mol. The average molecular weight is 548 g/mol. The molecule has 3 rings (SSSR count). The number of rotatable bonds is 5. The third-order valence-electron chi connectivity index (χ3n) is 4.68. The van der Waals surface area contributed by atoms with Crippen molar-refractivity contribution in [2.24, 2.45) is 0 Å². The van der Waals surface area contributed by atoms with Gasteiger partial charge >= 0.3 is 6.18 Å². The van der Waals surface area contributed by atoms with E-state index in [1.807, 2.05) is 4.90 Å². The smallest absolute Gasteiger partial charge is 0.416 e. The minimum absolute atomic E-state index is 0.142. The molecular weight excluding hydrogens is 529 g/mol. The summed E-state index contributed by atoms with van der Waals surface area (Å²) in [4.78, 5) is 14.5. The number of nitrogens with zero attached hydrogens (tertiary/aromatic N) is 1. The van der Waals surface area contributed by atoms with Crippen molar-refractivity contribution in [1.82, 2.24) is 0 Å². The summed E-state index contributed by atoms with van der Waals surface area (Å²) in [5.74, 6) is 0.00648. The molecule has 0 radical (unpaired) electrons. The number of amides is 1. The molecule has 0 atom stereocenters. The predicted octanol–water partition coefficient (Wildman–Crippen LogP) is 6.49. The minimum Gasteiger partial charge on any atom is -0.495 e. The Bertz CT molecular complexity index is 971. The van der Waals surface area contributed by atoms with Crippen molar-refractivity contribution >= 4 is 55.2 Å². The van der Waals surface area contributed by atoms with Gasteiger partial charge in [0.25, 0.3) is 0 Å². The summed E-state index contributed by atoms with van der Waals surface area (Å²) >= 11 is 6.77. The molecule has 0 aromatic heterocycles. The Morgan fingerprint density at radius 1 is 1.17 bits per heavy atom. The first kappa shape index (κ1) is 22.7. The highest BCUT2D eigenvalue weighted by atomic mass is 79.9. The molecule has 160 valence electrons. The zero-order chi connectivity index (χ0) is 21.9. The lowest BCUT2D eigenvalue weighted by Crippen LogP contribution is -2.21. The molecule has 1 amide bonds. The van der Waals surface area contributed by atoms with Crippen LogP contribution in [0.4, 0.5) is 24.5 Å². The molecule has 0 bridgehead atoms. The molecule has 1 heterocycles. The fraction of sp³-hybridized carbons (Fsp3) is 0.286. The molecule has 0 saturated carbocycles. The van der Waals surface area contributed by atoms with E-state index >= 15 is 0 Å². The molecule has 1 saturated heterocycles. The van der Waals surface area contributed by atoms with Gasteiger partial charge in [0.1, 0.15) is 5.75 Å². The molecule has 2 aromatic carbocycles. The summed E-state index contributed by atoms with van der Waals surface area (Å²) in [5.41, 5.74) is 0.564. The van der Waals surface area contributed by atoms with Gasteiger partial charge in [0, 0.05) is 29.2 Å². The summed E-state index contributed by atoms with van der Waals surface area (Å²) in [6.07, 6.45) is 0.254. The fourth-order valence-corrected chi connectivity index (χ4v) is 4.73. The second-order valence-corrected chi connectivity index (χ2v) is 8.53. The van der Waals surface area contributed by atoms with Crippen LogP contribution in [0.5, 0.6) is 5.75 Å². The number of halogens is 5. The van der Waals surface area contributed by atoms with Crippen LogP contribution in [0.25, 0.3) is 6.08 Å². The standard InChI is InChI=1S/C21H19Br2F3N2O2/c1-30-20-13(10-15(22)12-16(20)23)4-7-19(29)27-17-11-14(21(24,25)26)5-6-18(17)28-8-2-3-9-28/h4-7,10-12H,2-3,8-9H2,1H3,(H,27,29)/b7-4+. The van der Waals surface area contributed by atoms with E-state index in [1.165, 1.54) is 19.3 Å². The number of ether oxygens (including phenoxy) is 1. The molecule has 1 N–H and O–H groups in total. The maximum Gasteiger partial charge on any atom is 0.416 e. The van der Waals surface area contributed by atoms with Crippen LogP contribution in [0.15, 0.2) is 45.4 Å². The molecular formula is C21H19Br2F3N2O2. The number of hydrogen-bond acceptors (Lipinski definition) is 3. The molecule has 9 heteroatoms. The van der Waals surface area contributed by atoms with Gasteiger partial charge < -0.3 is 15.0 Å². The Kier molecular flexibility index (Phi) is 7.13. The van der Waals surface area contributed by atoms with E-state index in [0.717, 1.165) is 42.5 Å². The minimum atomic E-state index is -4.49. The van der Waals surface area contributed by atoms with Crippen molar-refractivity contribution in [3.05, 3.63) is 56.5 Å².